The van der Waals surface area contributed by atoms with Crippen LogP contribution < -0.4 is 14.2 Å². The van der Waals surface area contributed by atoms with Crippen molar-refractivity contribution in [3.8, 4) is 17.2 Å². The number of carbonyl (C=O) groups is 2. The highest BCUT2D eigenvalue weighted by Gasteiger charge is 2.30. The van der Waals surface area contributed by atoms with Crippen molar-refractivity contribution in [2.75, 3.05) is 7.11 Å². The van der Waals surface area contributed by atoms with Gasteiger partial charge in [0.2, 0.25) is 5.78 Å². The Morgan fingerprint density at radius 1 is 1.03 bits per heavy atom. The highest BCUT2D eigenvalue weighted by atomic mass is 16.6. The van der Waals surface area contributed by atoms with E-state index < -0.39 is 10.9 Å². The van der Waals surface area contributed by atoms with Crippen molar-refractivity contribution in [1.82, 2.24) is 0 Å². The lowest BCUT2D eigenvalue weighted by atomic mass is 10.0. The molecule has 0 bridgehead atoms. The summed E-state index contributed by atoms with van der Waals surface area (Å²) in [5.41, 5.74) is 1.85. The molecule has 8 heteroatoms. The van der Waals surface area contributed by atoms with Gasteiger partial charge in [-0.3, -0.25) is 14.9 Å². The zero-order valence-corrected chi connectivity index (χ0v) is 17.2. The van der Waals surface area contributed by atoms with E-state index in [2.05, 4.69) is 0 Å². The number of fused-ring (bicyclic) bond motifs is 1. The summed E-state index contributed by atoms with van der Waals surface area (Å²) in [5, 5.41) is 10.8. The maximum atomic E-state index is 12.8. The minimum atomic E-state index is -0.557. The SMILES string of the molecule is COc1ccc(C(=O)Oc2cc(C)c3c(c2)O/C(=C\c2ccc([N+](=O)[O-])cc2)C3=O)cc1. The molecular formula is C24H17NO7. The second-order valence-corrected chi connectivity index (χ2v) is 7.02. The molecule has 1 aliphatic heterocycles. The molecule has 0 spiro atoms. The van der Waals surface area contributed by atoms with Gasteiger partial charge in [-0.05, 0) is 66.6 Å². The monoisotopic (exact) mass is 431 g/mol. The van der Waals surface area contributed by atoms with E-state index in [4.69, 9.17) is 14.2 Å². The lowest BCUT2D eigenvalue weighted by Crippen LogP contribution is -2.08. The van der Waals surface area contributed by atoms with Crippen LogP contribution >= 0.6 is 0 Å². The zero-order chi connectivity index (χ0) is 22.8. The molecule has 0 aromatic heterocycles. The fourth-order valence-corrected chi connectivity index (χ4v) is 3.27. The summed E-state index contributed by atoms with van der Waals surface area (Å²) in [6, 6.07) is 15.3. The maximum absolute atomic E-state index is 12.8. The van der Waals surface area contributed by atoms with Gasteiger partial charge in [-0.1, -0.05) is 0 Å². The van der Waals surface area contributed by atoms with E-state index in [1.807, 2.05) is 0 Å². The number of ether oxygens (including phenoxy) is 3. The summed E-state index contributed by atoms with van der Waals surface area (Å²) < 4.78 is 16.2. The molecule has 0 N–H and O–H groups in total. The van der Waals surface area contributed by atoms with E-state index in [1.54, 1.807) is 37.3 Å². The Morgan fingerprint density at radius 3 is 2.34 bits per heavy atom. The van der Waals surface area contributed by atoms with Gasteiger partial charge in [0.25, 0.3) is 5.69 Å². The number of allylic oxidation sites excluding steroid dienone is 1. The molecule has 0 saturated carbocycles. The van der Waals surface area contributed by atoms with Crippen molar-refractivity contribution in [3.63, 3.8) is 0 Å². The highest BCUT2D eigenvalue weighted by Crippen LogP contribution is 2.37. The Morgan fingerprint density at radius 2 is 1.72 bits per heavy atom. The molecule has 0 saturated heterocycles. The molecule has 0 fully saturated rings. The van der Waals surface area contributed by atoms with Crippen molar-refractivity contribution in [3.05, 3.63) is 98.8 Å². The Kier molecular flexibility index (Phi) is 5.43. The average Bonchev–Trinajstić information content (AvgIpc) is 3.09. The van der Waals surface area contributed by atoms with Gasteiger partial charge in [0, 0.05) is 18.2 Å². The van der Waals surface area contributed by atoms with Crippen LogP contribution in [-0.2, 0) is 0 Å². The predicted molar refractivity (Wildman–Crippen MR) is 115 cm³/mol. The molecule has 0 atom stereocenters. The molecule has 0 radical (unpaired) electrons. The third-order valence-corrected chi connectivity index (χ3v) is 4.88. The topological polar surface area (TPSA) is 105 Å². The first kappa shape index (κ1) is 20.8. The van der Waals surface area contributed by atoms with Gasteiger partial charge in [-0.15, -0.1) is 0 Å². The first-order valence-corrected chi connectivity index (χ1v) is 9.55. The number of aryl methyl sites for hydroxylation is 1. The van der Waals surface area contributed by atoms with Gasteiger partial charge in [0.05, 0.1) is 23.2 Å². The van der Waals surface area contributed by atoms with Crippen LogP contribution in [0.15, 0.2) is 66.4 Å². The Bertz CT molecular complexity index is 1260. The number of nitrogens with zero attached hydrogens (tertiary/aromatic N) is 1. The van der Waals surface area contributed by atoms with Gasteiger partial charge in [-0.25, -0.2) is 4.79 Å². The molecule has 32 heavy (non-hydrogen) atoms. The maximum Gasteiger partial charge on any atom is 0.343 e. The molecule has 3 aromatic carbocycles. The molecule has 3 aromatic rings. The van der Waals surface area contributed by atoms with Gasteiger partial charge < -0.3 is 14.2 Å². The first-order valence-electron chi connectivity index (χ1n) is 9.55. The van der Waals surface area contributed by atoms with Gasteiger partial charge in [0.1, 0.15) is 17.2 Å². The Hall–Kier alpha value is -4.46. The van der Waals surface area contributed by atoms with E-state index >= 15 is 0 Å². The van der Waals surface area contributed by atoms with Gasteiger partial charge in [0.15, 0.2) is 5.76 Å². The average molecular weight is 431 g/mol. The minimum Gasteiger partial charge on any atom is -0.497 e. The zero-order valence-electron chi connectivity index (χ0n) is 17.2. The molecule has 1 heterocycles. The number of benzene rings is 3. The number of esters is 1. The van der Waals surface area contributed by atoms with Crippen molar-refractivity contribution in [1.29, 1.82) is 0 Å². The van der Waals surface area contributed by atoms with Crippen LogP contribution in [0.2, 0.25) is 0 Å². The van der Waals surface area contributed by atoms with Crippen LogP contribution in [0, 0.1) is 17.0 Å². The van der Waals surface area contributed by atoms with E-state index in [9.17, 15) is 19.7 Å². The third kappa shape index (κ3) is 4.06. The second-order valence-electron chi connectivity index (χ2n) is 7.02. The number of rotatable bonds is 5. The van der Waals surface area contributed by atoms with Crippen LogP contribution in [0.4, 0.5) is 5.69 Å². The lowest BCUT2D eigenvalue weighted by Gasteiger charge is -2.08. The molecule has 8 nitrogen and oxygen atoms in total. The third-order valence-electron chi connectivity index (χ3n) is 4.88. The van der Waals surface area contributed by atoms with E-state index in [0.717, 1.165) is 0 Å². The van der Waals surface area contributed by atoms with Crippen molar-refractivity contribution >= 4 is 23.5 Å². The number of non-ortho nitro benzene ring substituents is 1. The molecule has 1 aliphatic rings. The molecule has 0 unspecified atom stereocenters. The lowest BCUT2D eigenvalue weighted by molar-refractivity contribution is -0.384. The number of hydrogen-bond donors (Lipinski definition) is 0. The summed E-state index contributed by atoms with van der Waals surface area (Å²) >= 11 is 0. The van der Waals surface area contributed by atoms with Crippen LogP contribution in [0.25, 0.3) is 6.08 Å². The fraction of sp³-hybridized carbons (Fsp3) is 0.0833. The quantitative estimate of drug-likeness (QED) is 0.189. The first-order chi connectivity index (χ1) is 15.4. The van der Waals surface area contributed by atoms with Gasteiger partial charge >= 0.3 is 5.97 Å². The number of hydrogen-bond acceptors (Lipinski definition) is 7. The van der Waals surface area contributed by atoms with E-state index in [-0.39, 0.29) is 28.7 Å². The molecule has 4 rings (SSSR count). The number of carbonyl (C=O) groups excluding carboxylic acids is 2. The number of methoxy groups -OCH3 is 1. The normalized spacial score (nSPS) is 13.4. The number of nitro groups is 1. The smallest absolute Gasteiger partial charge is 0.343 e. The second kappa shape index (κ2) is 8.35. The highest BCUT2D eigenvalue weighted by molar-refractivity contribution is 6.15. The van der Waals surface area contributed by atoms with Gasteiger partial charge in [-0.2, -0.15) is 0 Å². The summed E-state index contributed by atoms with van der Waals surface area (Å²) in [4.78, 5) is 35.5. The summed E-state index contributed by atoms with van der Waals surface area (Å²) in [5.74, 6) is 0.346. The Labute approximate surface area is 182 Å². The summed E-state index contributed by atoms with van der Waals surface area (Å²) in [6.07, 6.45) is 1.51. The molecule has 160 valence electrons. The number of ketones is 1. The number of Topliss-reactive ketones (excluding diaryl/α,β-unsaturated/α-hetero) is 1. The van der Waals surface area contributed by atoms with Crippen molar-refractivity contribution in [2.45, 2.75) is 6.92 Å². The standard InChI is InChI=1S/C24H17NO7/c1-14-11-19(31-24(27)16-5-9-18(30-2)10-6-16)13-20-22(14)23(26)21(32-20)12-15-3-7-17(8-4-15)25(28)29/h3-13H,1-2H3/b21-12-. The van der Waals surface area contributed by atoms with Crippen molar-refractivity contribution < 1.29 is 28.7 Å². The largest absolute Gasteiger partial charge is 0.497 e. The van der Waals surface area contributed by atoms with Crippen LogP contribution in [0.5, 0.6) is 17.2 Å². The van der Waals surface area contributed by atoms with Crippen LogP contribution in [0.1, 0.15) is 31.8 Å². The fourth-order valence-electron chi connectivity index (χ4n) is 3.27. The van der Waals surface area contributed by atoms with E-state index in [1.165, 1.54) is 43.5 Å². The molecule has 0 aliphatic carbocycles. The molecular weight excluding hydrogens is 414 g/mol. The van der Waals surface area contributed by atoms with E-state index in [0.29, 0.717) is 28.0 Å². The number of nitro benzene ring substituents is 1. The van der Waals surface area contributed by atoms with Crippen molar-refractivity contribution in [2.24, 2.45) is 0 Å². The predicted octanol–water partition coefficient (Wildman–Crippen LogP) is 4.75. The minimum absolute atomic E-state index is 0.0479. The summed E-state index contributed by atoms with van der Waals surface area (Å²) in [7, 11) is 1.53. The summed E-state index contributed by atoms with van der Waals surface area (Å²) in [6.45, 7) is 1.72. The molecule has 0 amide bonds. The van der Waals surface area contributed by atoms with Crippen LogP contribution in [0.3, 0.4) is 0 Å². The van der Waals surface area contributed by atoms with Crippen LogP contribution in [-0.4, -0.2) is 23.8 Å². The Balaban J connectivity index is 1.56.